The number of fused-ring (bicyclic) bond motifs is 2. The van der Waals surface area contributed by atoms with Crippen molar-refractivity contribution in [2.75, 3.05) is 19.8 Å². The van der Waals surface area contributed by atoms with Gasteiger partial charge in [0.05, 0.1) is 17.2 Å². The summed E-state index contributed by atoms with van der Waals surface area (Å²) in [4.78, 5) is 27.5. The largest absolute Gasteiger partial charge is 0.486 e. The van der Waals surface area contributed by atoms with E-state index in [2.05, 4.69) is 0 Å². The van der Waals surface area contributed by atoms with Gasteiger partial charge in [0, 0.05) is 24.9 Å². The van der Waals surface area contributed by atoms with Gasteiger partial charge in [0.15, 0.2) is 17.3 Å². The van der Waals surface area contributed by atoms with E-state index in [9.17, 15) is 9.59 Å². The van der Waals surface area contributed by atoms with Crippen LogP contribution >= 0.6 is 0 Å². The lowest BCUT2D eigenvalue weighted by molar-refractivity contribution is 0.0725. The zero-order valence-corrected chi connectivity index (χ0v) is 15.0. The number of amides is 1. The van der Waals surface area contributed by atoms with Gasteiger partial charge in [-0.15, -0.1) is 0 Å². The number of ether oxygens (including phenoxy) is 2. The molecular weight excluding hydrogens is 346 g/mol. The molecule has 5 rings (SSSR count). The Hall–Kier alpha value is -2.76. The van der Waals surface area contributed by atoms with Crippen LogP contribution in [0.3, 0.4) is 0 Å². The zero-order chi connectivity index (χ0) is 18.4. The molecule has 1 unspecified atom stereocenters. The van der Waals surface area contributed by atoms with Crippen LogP contribution < -0.4 is 9.47 Å². The van der Waals surface area contributed by atoms with Gasteiger partial charge in [-0.25, -0.2) is 0 Å². The summed E-state index contributed by atoms with van der Waals surface area (Å²) < 4.78 is 17.1. The Kier molecular flexibility index (Phi) is 3.92. The molecule has 6 heteroatoms. The molecule has 140 valence electrons. The van der Waals surface area contributed by atoms with Crippen molar-refractivity contribution < 1.29 is 23.5 Å². The summed E-state index contributed by atoms with van der Waals surface area (Å²) in [5.74, 6) is 2.00. The molecule has 1 fully saturated rings. The second-order valence-corrected chi connectivity index (χ2v) is 7.25. The third kappa shape index (κ3) is 2.62. The van der Waals surface area contributed by atoms with E-state index in [1.807, 2.05) is 23.1 Å². The van der Waals surface area contributed by atoms with E-state index in [4.69, 9.17) is 13.9 Å². The molecule has 1 aromatic heterocycles. The molecule has 1 aromatic carbocycles. The molecule has 3 aliphatic rings. The molecule has 6 nitrogen and oxygen atoms in total. The summed E-state index contributed by atoms with van der Waals surface area (Å²) >= 11 is 0. The van der Waals surface area contributed by atoms with E-state index in [0.717, 1.165) is 42.7 Å². The van der Waals surface area contributed by atoms with Gasteiger partial charge in [0.1, 0.15) is 25.2 Å². The zero-order valence-electron chi connectivity index (χ0n) is 15.0. The number of para-hydroxylation sites is 1. The van der Waals surface area contributed by atoms with Crippen molar-refractivity contribution in [3.05, 3.63) is 46.9 Å². The summed E-state index contributed by atoms with van der Waals surface area (Å²) in [5.41, 5.74) is 1.87. The number of Topliss-reactive ketones (excluding diaryl/α,β-unsaturated/α-hetero) is 1. The number of hydrogen-bond donors (Lipinski definition) is 0. The van der Waals surface area contributed by atoms with Crippen molar-refractivity contribution in [1.82, 2.24) is 4.90 Å². The van der Waals surface area contributed by atoms with E-state index in [1.54, 1.807) is 0 Å². The fourth-order valence-corrected chi connectivity index (χ4v) is 4.43. The standard InChI is InChI=1S/C21H21NO5/c23-16-6-2-7-17-19(16)14(12-27-17)21(24)22-9-3-5-15(22)13-4-1-8-18-20(13)26-11-10-25-18/h1,4,8,12,15H,2-3,5-7,9-11H2. The highest BCUT2D eigenvalue weighted by molar-refractivity contribution is 6.09. The molecule has 0 saturated carbocycles. The molecule has 1 amide bonds. The highest BCUT2D eigenvalue weighted by atomic mass is 16.6. The molecule has 0 radical (unpaired) electrons. The SMILES string of the molecule is O=C1CCCc2occ(C(=O)N3CCCC3c3cccc4c3OCCO4)c21. The normalized spacial score (nSPS) is 21.3. The molecule has 0 N–H and O–H groups in total. The predicted molar refractivity (Wildman–Crippen MR) is 96.4 cm³/mol. The lowest BCUT2D eigenvalue weighted by Gasteiger charge is -2.29. The van der Waals surface area contributed by atoms with Crippen molar-refractivity contribution >= 4 is 11.7 Å². The number of carbonyl (C=O) groups is 2. The van der Waals surface area contributed by atoms with Crippen LogP contribution in [0.4, 0.5) is 0 Å². The fraction of sp³-hybridized carbons (Fsp3) is 0.429. The summed E-state index contributed by atoms with van der Waals surface area (Å²) in [6.07, 6.45) is 5.22. The number of furan rings is 1. The third-order valence-corrected chi connectivity index (χ3v) is 5.65. The minimum Gasteiger partial charge on any atom is -0.486 e. The Balaban J connectivity index is 1.50. The quantitative estimate of drug-likeness (QED) is 0.812. The van der Waals surface area contributed by atoms with E-state index in [1.165, 1.54) is 6.26 Å². The van der Waals surface area contributed by atoms with Gasteiger partial charge in [-0.05, 0) is 25.3 Å². The van der Waals surface area contributed by atoms with Crippen LogP contribution in [0.2, 0.25) is 0 Å². The predicted octanol–water partition coefficient (Wildman–Crippen LogP) is 3.55. The van der Waals surface area contributed by atoms with Gasteiger partial charge in [-0.2, -0.15) is 0 Å². The van der Waals surface area contributed by atoms with Crippen molar-refractivity contribution in [3.63, 3.8) is 0 Å². The van der Waals surface area contributed by atoms with Crippen molar-refractivity contribution in [1.29, 1.82) is 0 Å². The summed E-state index contributed by atoms with van der Waals surface area (Å²) in [7, 11) is 0. The first-order valence-electron chi connectivity index (χ1n) is 9.57. The number of carbonyl (C=O) groups excluding carboxylic acids is 2. The molecular formula is C21H21NO5. The average molecular weight is 367 g/mol. The number of aryl methyl sites for hydroxylation is 1. The van der Waals surface area contributed by atoms with E-state index in [0.29, 0.717) is 43.1 Å². The monoisotopic (exact) mass is 367 g/mol. The van der Waals surface area contributed by atoms with Gasteiger partial charge in [0.25, 0.3) is 5.91 Å². The van der Waals surface area contributed by atoms with Gasteiger partial charge in [-0.3, -0.25) is 9.59 Å². The first kappa shape index (κ1) is 16.4. The average Bonchev–Trinajstić information content (AvgIpc) is 3.35. The molecule has 3 heterocycles. The summed E-state index contributed by atoms with van der Waals surface area (Å²) in [6, 6.07) is 5.75. The topological polar surface area (TPSA) is 69.0 Å². The molecule has 1 aliphatic carbocycles. The fourth-order valence-electron chi connectivity index (χ4n) is 4.43. The summed E-state index contributed by atoms with van der Waals surface area (Å²) in [6.45, 7) is 1.70. The Bertz CT molecular complexity index is 915. The first-order chi connectivity index (χ1) is 13.2. The molecule has 27 heavy (non-hydrogen) atoms. The lowest BCUT2D eigenvalue weighted by Crippen LogP contribution is -2.32. The number of ketones is 1. The number of benzene rings is 1. The Labute approximate surface area is 157 Å². The van der Waals surface area contributed by atoms with Crippen molar-refractivity contribution in [2.24, 2.45) is 0 Å². The van der Waals surface area contributed by atoms with E-state index < -0.39 is 0 Å². The van der Waals surface area contributed by atoms with Gasteiger partial charge < -0.3 is 18.8 Å². The van der Waals surface area contributed by atoms with Crippen LogP contribution in [0.25, 0.3) is 0 Å². The highest BCUT2D eigenvalue weighted by Crippen LogP contribution is 2.43. The second kappa shape index (κ2) is 6.44. The van der Waals surface area contributed by atoms with Crippen LogP contribution in [0.5, 0.6) is 11.5 Å². The molecule has 2 aliphatic heterocycles. The van der Waals surface area contributed by atoms with Gasteiger partial charge in [-0.1, -0.05) is 12.1 Å². The third-order valence-electron chi connectivity index (χ3n) is 5.65. The second-order valence-electron chi connectivity index (χ2n) is 7.25. The molecule has 1 atom stereocenters. The number of rotatable bonds is 2. The van der Waals surface area contributed by atoms with E-state index in [-0.39, 0.29) is 17.7 Å². The van der Waals surface area contributed by atoms with Crippen LogP contribution in [-0.2, 0) is 6.42 Å². The Morgan fingerprint density at radius 3 is 2.93 bits per heavy atom. The van der Waals surface area contributed by atoms with Crippen molar-refractivity contribution in [2.45, 2.75) is 38.1 Å². The number of nitrogens with zero attached hydrogens (tertiary/aromatic N) is 1. The molecule has 1 saturated heterocycles. The highest BCUT2D eigenvalue weighted by Gasteiger charge is 2.37. The first-order valence-corrected chi connectivity index (χ1v) is 9.57. The number of hydrogen-bond acceptors (Lipinski definition) is 5. The maximum atomic E-state index is 13.3. The molecule has 0 bridgehead atoms. The van der Waals surface area contributed by atoms with Gasteiger partial charge >= 0.3 is 0 Å². The smallest absolute Gasteiger partial charge is 0.258 e. The Morgan fingerprint density at radius 2 is 2.00 bits per heavy atom. The van der Waals surface area contributed by atoms with Crippen LogP contribution in [0.15, 0.2) is 28.9 Å². The van der Waals surface area contributed by atoms with Crippen molar-refractivity contribution in [3.8, 4) is 11.5 Å². The van der Waals surface area contributed by atoms with Crippen LogP contribution in [0.1, 0.15) is 63.8 Å². The number of likely N-dealkylation sites (tertiary alicyclic amines) is 1. The maximum Gasteiger partial charge on any atom is 0.258 e. The van der Waals surface area contributed by atoms with Gasteiger partial charge in [0.2, 0.25) is 0 Å². The summed E-state index contributed by atoms with van der Waals surface area (Å²) in [5, 5.41) is 0. The molecule has 0 spiro atoms. The Morgan fingerprint density at radius 1 is 1.11 bits per heavy atom. The van der Waals surface area contributed by atoms with E-state index >= 15 is 0 Å². The maximum absolute atomic E-state index is 13.3. The van der Waals surface area contributed by atoms with Crippen LogP contribution in [-0.4, -0.2) is 36.3 Å². The minimum atomic E-state index is -0.132. The lowest BCUT2D eigenvalue weighted by atomic mass is 9.93. The minimum absolute atomic E-state index is 0.0120. The molecule has 2 aromatic rings. The van der Waals surface area contributed by atoms with Crippen LogP contribution in [0, 0.1) is 0 Å².